The highest BCUT2D eigenvalue weighted by molar-refractivity contribution is 5.61. The van der Waals surface area contributed by atoms with Gasteiger partial charge in [0.1, 0.15) is 0 Å². The second kappa shape index (κ2) is 3.29. The van der Waals surface area contributed by atoms with Crippen LogP contribution in [0.15, 0.2) is 12.3 Å². The van der Waals surface area contributed by atoms with Crippen molar-refractivity contribution in [3.63, 3.8) is 0 Å². The zero-order valence-electron chi connectivity index (χ0n) is 8.70. The van der Waals surface area contributed by atoms with Gasteiger partial charge in [-0.2, -0.15) is 10.2 Å². The number of H-pyrrole nitrogens is 1. The van der Waals surface area contributed by atoms with Crippen LogP contribution in [0.4, 0.5) is 0 Å². The lowest BCUT2D eigenvalue weighted by Crippen LogP contribution is -1.92. The maximum atomic E-state index is 4.25. The van der Waals surface area contributed by atoms with Gasteiger partial charge in [0.05, 0.1) is 11.9 Å². The molecular formula is C10H14N4. The third-order valence-corrected chi connectivity index (χ3v) is 2.52. The van der Waals surface area contributed by atoms with E-state index in [-0.39, 0.29) is 0 Å². The van der Waals surface area contributed by atoms with Gasteiger partial charge in [0.25, 0.3) is 0 Å². The molecule has 2 heterocycles. The van der Waals surface area contributed by atoms with E-state index >= 15 is 0 Å². The highest BCUT2D eigenvalue weighted by atomic mass is 15.3. The fraction of sp³-hybridized carbons (Fsp3) is 0.400. The number of rotatable bonds is 2. The molecule has 14 heavy (non-hydrogen) atoms. The monoisotopic (exact) mass is 190 g/mol. The first-order chi connectivity index (χ1) is 6.72. The lowest BCUT2D eigenvalue weighted by Gasteiger charge is -1.94. The second-order valence-electron chi connectivity index (χ2n) is 3.40. The Morgan fingerprint density at radius 1 is 1.50 bits per heavy atom. The maximum absolute atomic E-state index is 4.25. The third kappa shape index (κ3) is 1.32. The summed E-state index contributed by atoms with van der Waals surface area (Å²) in [6, 6.07) is 2.07. The average molecular weight is 190 g/mol. The lowest BCUT2D eigenvalue weighted by atomic mass is 10.2. The van der Waals surface area contributed by atoms with E-state index in [1.165, 1.54) is 0 Å². The normalized spacial score (nSPS) is 10.8. The molecule has 2 rings (SSSR count). The van der Waals surface area contributed by atoms with Gasteiger partial charge in [0.2, 0.25) is 0 Å². The molecule has 4 heteroatoms. The quantitative estimate of drug-likeness (QED) is 0.783. The molecule has 0 unspecified atom stereocenters. The maximum Gasteiger partial charge on any atom is 0.0957 e. The minimum Gasteiger partial charge on any atom is -0.282 e. The number of hydrogen-bond acceptors (Lipinski definition) is 2. The molecule has 0 aromatic carbocycles. The van der Waals surface area contributed by atoms with Gasteiger partial charge in [-0.15, -0.1) is 0 Å². The molecule has 0 amide bonds. The van der Waals surface area contributed by atoms with Crippen LogP contribution in [0.25, 0.3) is 11.3 Å². The number of aromatic nitrogens is 4. The molecule has 0 saturated carbocycles. The zero-order chi connectivity index (χ0) is 10.1. The molecule has 2 aromatic rings. The van der Waals surface area contributed by atoms with E-state index in [1.54, 1.807) is 0 Å². The highest BCUT2D eigenvalue weighted by Crippen LogP contribution is 2.20. The Morgan fingerprint density at radius 2 is 2.29 bits per heavy atom. The van der Waals surface area contributed by atoms with Crippen molar-refractivity contribution in [3.8, 4) is 11.3 Å². The largest absolute Gasteiger partial charge is 0.282 e. The van der Waals surface area contributed by atoms with Crippen molar-refractivity contribution in [2.75, 3.05) is 0 Å². The standard InChI is InChI=1S/C10H14N4/c1-4-8-5-10(13-12-8)9-6-11-14(3)7(9)2/h5-6H,4H2,1-3H3,(H,12,13). The van der Waals surface area contributed by atoms with Crippen LogP contribution in [-0.4, -0.2) is 20.0 Å². The van der Waals surface area contributed by atoms with Crippen LogP contribution in [0.5, 0.6) is 0 Å². The number of nitrogens with zero attached hydrogens (tertiary/aromatic N) is 3. The van der Waals surface area contributed by atoms with Crippen molar-refractivity contribution in [2.45, 2.75) is 20.3 Å². The Labute approximate surface area is 83.0 Å². The van der Waals surface area contributed by atoms with Crippen molar-refractivity contribution >= 4 is 0 Å². The minimum atomic E-state index is 0.978. The fourth-order valence-electron chi connectivity index (χ4n) is 1.43. The predicted molar refractivity (Wildman–Crippen MR) is 54.9 cm³/mol. The smallest absolute Gasteiger partial charge is 0.0957 e. The summed E-state index contributed by atoms with van der Waals surface area (Å²) in [7, 11) is 1.94. The molecule has 0 bridgehead atoms. The topological polar surface area (TPSA) is 46.5 Å². The molecule has 0 aliphatic rings. The molecule has 74 valence electrons. The predicted octanol–water partition coefficient (Wildman–Crippen LogP) is 1.68. The molecule has 1 N–H and O–H groups in total. The molecular weight excluding hydrogens is 176 g/mol. The molecule has 0 spiro atoms. The fourth-order valence-corrected chi connectivity index (χ4v) is 1.43. The summed E-state index contributed by atoms with van der Waals surface area (Å²) >= 11 is 0. The summed E-state index contributed by atoms with van der Waals surface area (Å²) in [6.45, 7) is 4.15. The summed E-state index contributed by atoms with van der Waals surface area (Å²) in [5.74, 6) is 0. The van der Waals surface area contributed by atoms with E-state index in [0.29, 0.717) is 0 Å². The summed E-state index contributed by atoms with van der Waals surface area (Å²) in [5, 5.41) is 11.4. The lowest BCUT2D eigenvalue weighted by molar-refractivity contribution is 0.740. The number of hydrogen-bond donors (Lipinski definition) is 1. The van der Waals surface area contributed by atoms with Gasteiger partial charge in [-0.3, -0.25) is 9.78 Å². The number of nitrogens with one attached hydrogen (secondary N) is 1. The molecule has 2 aromatic heterocycles. The van der Waals surface area contributed by atoms with Gasteiger partial charge in [0.15, 0.2) is 0 Å². The van der Waals surface area contributed by atoms with Gasteiger partial charge >= 0.3 is 0 Å². The Hall–Kier alpha value is -1.58. The molecule has 0 saturated heterocycles. The zero-order valence-corrected chi connectivity index (χ0v) is 8.70. The number of aryl methyl sites for hydroxylation is 2. The Kier molecular flexibility index (Phi) is 2.11. The third-order valence-electron chi connectivity index (χ3n) is 2.52. The van der Waals surface area contributed by atoms with Gasteiger partial charge < -0.3 is 0 Å². The molecule has 0 aliphatic heterocycles. The Balaban J connectivity index is 2.44. The van der Waals surface area contributed by atoms with Crippen molar-refractivity contribution < 1.29 is 0 Å². The summed E-state index contributed by atoms with van der Waals surface area (Å²) in [4.78, 5) is 0. The average Bonchev–Trinajstić information content (AvgIpc) is 2.75. The molecule has 0 aliphatic carbocycles. The van der Waals surface area contributed by atoms with Crippen LogP contribution in [0.3, 0.4) is 0 Å². The van der Waals surface area contributed by atoms with Crippen LogP contribution >= 0.6 is 0 Å². The van der Waals surface area contributed by atoms with E-state index < -0.39 is 0 Å². The summed E-state index contributed by atoms with van der Waals surface area (Å²) < 4.78 is 1.86. The first-order valence-electron chi connectivity index (χ1n) is 4.75. The highest BCUT2D eigenvalue weighted by Gasteiger charge is 2.09. The minimum absolute atomic E-state index is 0.978. The van der Waals surface area contributed by atoms with Gasteiger partial charge in [-0.05, 0) is 19.4 Å². The SMILES string of the molecule is CCc1cc(-c2cnn(C)c2C)n[nH]1. The van der Waals surface area contributed by atoms with Crippen molar-refractivity contribution in [1.29, 1.82) is 0 Å². The first kappa shape index (κ1) is 8.99. The van der Waals surface area contributed by atoms with Gasteiger partial charge in [0, 0.05) is 24.0 Å². The van der Waals surface area contributed by atoms with Crippen LogP contribution in [0.1, 0.15) is 18.3 Å². The van der Waals surface area contributed by atoms with Gasteiger partial charge in [-0.1, -0.05) is 6.92 Å². The molecule has 4 nitrogen and oxygen atoms in total. The van der Waals surface area contributed by atoms with Crippen LogP contribution in [-0.2, 0) is 13.5 Å². The van der Waals surface area contributed by atoms with Crippen molar-refractivity contribution in [3.05, 3.63) is 23.7 Å². The Bertz CT molecular complexity index is 439. The van der Waals surface area contributed by atoms with E-state index in [0.717, 1.165) is 29.1 Å². The summed E-state index contributed by atoms with van der Waals surface area (Å²) in [5.41, 5.74) is 4.37. The van der Waals surface area contributed by atoms with Gasteiger partial charge in [-0.25, -0.2) is 0 Å². The van der Waals surface area contributed by atoms with Crippen LogP contribution in [0.2, 0.25) is 0 Å². The summed E-state index contributed by atoms with van der Waals surface area (Å²) in [6.07, 6.45) is 2.83. The van der Waals surface area contributed by atoms with E-state index in [4.69, 9.17) is 0 Å². The molecule has 0 atom stereocenters. The van der Waals surface area contributed by atoms with Crippen molar-refractivity contribution in [2.24, 2.45) is 7.05 Å². The van der Waals surface area contributed by atoms with E-state index in [2.05, 4.69) is 28.3 Å². The van der Waals surface area contributed by atoms with Crippen LogP contribution < -0.4 is 0 Å². The Morgan fingerprint density at radius 3 is 2.79 bits per heavy atom. The molecule has 0 fully saturated rings. The van der Waals surface area contributed by atoms with Crippen molar-refractivity contribution in [1.82, 2.24) is 20.0 Å². The molecule has 0 radical (unpaired) electrons. The van der Waals surface area contributed by atoms with E-state index in [9.17, 15) is 0 Å². The first-order valence-corrected chi connectivity index (χ1v) is 4.75. The number of aromatic amines is 1. The second-order valence-corrected chi connectivity index (χ2v) is 3.40. The van der Waals surface area contributed by atoms with Crippen LogP contribution in [0, 0.1) is 6.92 Å². The van der Waals surface area contributed by atoms with E-state index in [1.807, 2.05) is 24.9 Å².